The van der Waals surface area contributed by atoms with Gasteiger partial charge in [-0.05, 0) is 74.7 Å². The lowest BCUT2D eigenvalue weighted by atomic mass is 10.6. The van der Waals surface area contributed by atoms with Crippen LogP contribution in [0.2, 0.25) is 0 Å². The first-order valence-electron chi connectivity index (χ1n) is 2.47. The summed E-state index contributed by atoms with van der Waals surface area (Å²) in [6, 6.07) is 0. The molecule has 0 rings (SSSR count). The normalized spacial score (nSPS) is 8.80. The number of halogens is 3. The minimum Gasteiger partial charge on any atom is -0.462 e. The fraction of sp³-hybridized carbons (Fsp3) is 0.400. The molecule has 0 aliphatic heterocycles. The zero-order chi connectivity index (χ0) is 8.15. The molecular weight excluding hydrogens is 473 g/mol. The van der Waals surface area contributed by atoms with E-state index in [2.05, 4.69) is 45.2 Å². The monoisotopic (exact) mass is 478 g/mol. The van der Waals surface area contributed by atoms with Crippen molar-refractivity contribution in [3.05, 3.63) is 5.17 Å². The van der Waals surface area contributed by atoms with Crippen molar-refractivity contribution in [3.63, 3.8) is 0 Å². The predicted molar refractivity (Wildman–Crippen MR) is 65.7 cm³/mol. The lowest BCUT2D eigenvalue weighted by Crippen LogP contribution is -2.03. The topological polar surface area (TPSA) is 26.3 Å². The second-order valence-electron chi connectivity index (χ2n) is 1.29. The maximum absolute atomic E-state index is 10.9. The highest BCUT2D eigenvalue weighted by atomic mass is 127. The predicted octanol–water partition coefficient (Wildman–Crippen LogP) is 3.02. The summed E-state index contributed by atoms with van der Waals surface area (Å²) in [6.07, 6.45) is 0. The fourth-order valence-corrected chi connectivity index (χ4v) is 0.868. The third-order valence-corrected chi connectivity index (χ3v) is 4.74. The van der Waals surface area contributed by atoms with Crippen molar-refractivity contribution in [2.24, 2.45) is 0 Å². The van der Waals surface area contributed by atoms with E-state index in [0.717, 1.165) is 1.59 Å². The number of hydrogen-bond acceptors (Lipinski definition) is 2. The molecule has 10 heavy (non-hydrogen) atoms. The average Bonchev–Trinajstić information content (AvgIpc) is 1.87. The van der Waals surface area contributed by atoms with Crippen LogP contribution in [-0.4, -0.2) is 12.6 Å². The van der Waals surface area contributed by atoms with Crippen molar-refractivity contribution in [2.45, 2.75) is 6.92 Å². The zero-order valence-corrected chi connectivity index (χ0v) is 11.6. The molecule has 0 spiro atoms. The molecule has 0 N–H and O–H groups in total. The van der Waals surface area contributed by atoms with Crippen LogP contribution >= 0.6 is 67.8 Å². The maximum Gasteiger partial charge on any atom is 0.345 e. The Morgan fingerprint density at radius 2 is 1.90 bits per heavy atom. The van der Waals surface area contributed by atoms with E-state index in [1.165, 1.54) is 0 Å². The largest absolute Gasteiger partial charge is 0.462 e. The number of carbonyl (C=O) groups is 1. The average molecular weight is 478 g/mol. The highest BCUT2D eigenvalue weighted by molar-refractivity contribution is 14.2. The number of carbonyl (C=O) groups excluding carboxylic acids is 1. The van der Waals surface area contributed by atoms with Crippen LogP contribution in [0.4, 0.5) is 0 Å². The Kier molecular flexibility index (Phi) is 6.81. The molecule has 0 unspecified atom stereocenters. The summed E-state index contributed by atoms with van der Waals surface area (Å²) in [5, 5.41) is 0. The van der Waals surface area contributed by atoms with Gasteiger partial charge in [0.1, 0.15) is 3.58 Å². The molecule has 5 heteroatoms. The Morgan fingerprint density at radius 3 is 2.20 bits per heavy atom. The van der Waals surface area contributed by atoms with E-state index in [0.29, 0.717) is 10.2 Å². The van der Waals surface area contributed by atoms with E-state index in [4.69, 9.17) is 4.74 Å². The van der Waals surface area contributed by atoms with Crippen LogP contribution in [-0.2, 0) is 9.53 Å². The molecule has 0 saturated carbocycles. The highest BCUT2D eigenvalue weighted by Gasteiger charge is 2.08. The van der Waals surface area contributed by atoms with Crippen molar-refractivity contribution in [1.29, 1.82) is 0 Å². The second kappa shape index (κ2) is 5.98. The fourth-order valence-electron chi connectivity index (χ4n) is 0.272. The van der Waals surface area contributed by atoms with Gasteiger partial charge in [0.05, 0.1) is 8.19 Å². The van der Waals surface area contributed by atoms with Gasteiger partial charge in [-0.2, -0.15) is 0 Å². The summed E-state index contributed by atoms with van der Waals surface area (Å²) >= 11 is 6.13. The van der Waals surface area contributed by atoms with Gasteiger partial charge in [-0.3, -0.25) is 0 Å². The summed E-state index contributed by atoms with van der Waals surface area (Å²) in [6.45, 7) is 2.23. The Bertz CT molecular complexity index is 160. The van der Waals surface area contributed by atoms with Gasteiger partial charge in [-0.15, -0.1) is 0 Å². The first-order chi connectivity index (χ1) is 4.59. The van der Waals surface area contributed by atoms with Gasteiger partial charge in [-0.25, -0.2) is 4.79 Å². The van der Waals surface area contributed by atoms with Crippen LogP contribution in [0.1, 0.15) is 6.92 Å². The van der Waals surface area contributed by atoms with Gasteiger partial charge in [0.2, 0.25) is 0 Å². The van der Waals surface area contributed by atoms with Crippen LogP contribution in [0.5, 0.6) is 0 Å². The van der Waals surface area contributed by atoms with Crippen LogP contribution < -0.4 is 0 Å². The quantitative estimate of drug-likeness (QED) is 0.347. The van der Waals surface area contributed by atoms with E-state index >= 15 is 0 Å². The molecule has 58 valence electrons. The molecule has 0 aromatic heterocycles. The molecule has 0 bridgehead atoms. The second-order valence-corrected chi connectivity index (χ2v) is 6.60. The molecule has 0 saturated heterocycles. The molecule has 0 heterocycles. The van der Waals surface area contributed by atoms with Crippen molar-refractivity contribution in [1.82, 2.24) is 0 Å². The third kappa shape index (κ3) is 4.31. The molecule has 0 aromatic carbocycles. The Morgan fingerprint density at radius 1 is 1.40 bits per heavy atom. The first kappa shape index (κ1) is 11.4. The van der Waals surface area contributed by atoms with Crippen molar-refractivity contribution in [2.75, 3.05) is 6.61 Å². The molecule has 0 fully saturated rings. The van der Waals surface area contributed by atoms with Gasteiger partial charge < -0.3 is 4.74 Å². The number of ether oxygens (including phenoxy) is 1. The summed E-state index contributed by atoms with van der Waals surface area (Å²) < 4.78 is 6.34. The molecule has 0 aliphatic rings. The van der Waals surface area contributed by atoms with E-state index in [9.17, 15) is 4.79 Å². The molecule has 2 nitrogen and oxygen atoms in total. The van der Waals surface area contributed by atoms with Gasteiger partial charge in [0, 0.05) is 0 Å². The molecule has 0 radical (unpaired) electrons. The highest BCUT2D eigenvalue weighted by Crippen LogP contribution is 2.25. The van der Waals surface area contributed by atoms with Crippen LogP contribution in [0.15, 0.2) is 5.17 Å². The zero-order valence-electron chi connectivity index (χ0n) is 5.16. The minimum atomic E-state index is -0.234. The molecule has 0 aromatic rings. The van der Waals surface area contributed by atoms with Crippen LogP contribution in [0.3, 0.4) is 0 Å². The van der Waals surface area contributed by atoms with Gasteiger partial charge in [0.15, 0.2) is 0 Å². The number of esters is 1. The summed E-state index contributed by atoms with van der Waals surface area (Å²) in [4.78, 5) is 10.9. The Balaban J connectivity index is 4.09. The van der Waals surface area contributed by atoms with Gasteiger partial charge in [0.25, 0.3) is 0 Å². The lowest BCUT2D eigenvalue weighted by Gasteiger charge is -1.98. The SMILES string of the molecule is CCOC(=O)C(I)=C(I)I. The number of rotatable bonds is 2. The van der Waals surface area contributed by atoms with Crippen LogP contribution in [0.25, 0.3) is 0 Å². The van der Waals surface area contributed by atoms with Crippen molar-refractivity contribution >= 4 is 73.7 Å². The summed E-state index contributed by atoms with van der Waals surface area (Å²) in [5.41, 5.74) is 0. The maximum atomic E-state index is 10.9. The van der Waals surface area contributed by atoms with E-state index in [-0.39, 0.29) is 5.97 Å². The molecule has 0 atom stereocenters. The smallest absolute Gasteiger partial charge is 0.345 e. The Hall–Kier alpha value is 1.40. The standard InChI is InChI=1S/C5H5I3O2/c1-2-10-5(9)3(6)4(7)8/h2H2,1H3. The molecular formula is C5H5I3O2. The van der Waals surface area contributed by atoms with Crippen molar-refractivity contribution < 1.29 is 9.53 Å². The minimum absolute atomic E-state index is 0.234. The summed E-state index contributed by atoms with van der Waals surface area (Å²) in [5.74, 6) is -0.234. The van der Waals surface area contributed by atoms with Crippen molar-refractivity contribution in [3.8, 4) is 0 Å². The summed E-state index contributed by atoms with van der Waals surface area (Å²) in [7, 11) is 0. The third-order valence-electron chi connectivity index (χ3n) is 0.621. The van der Waals surface area contributed by atoms with Gasteiger partial charge in [-0.1, -0.05) is 0 Å². The lowest BCUT2D eigenvalue weighted by molar-refractivity contribution is -0.137. The van der Waals surface area contributed by atoms with E-state index in [1.54, 1.807) is 6.92 Å². The first-order valence-corrected chi connectivity index (χ1v) is 5.71. The Labute approximate surface area is 101 Å². The molecule has 0 amide bonds. The molecule has 0 aliphatic carbocycles. The van der Waals surface area contributed by atoms with E-state index < -0.39 is 0 Å². The van der Waals surface area contributed by atoms with E-state index in [1.807, 2.05) is 22.6 Å². The van der Waals surface area contributed by atoms with Crippen LogP contribution in [0, 0.1) is 0 Å². The van der Waals surface area contributed by atoms with Gasteiger partial charge >= 0.3 is 5.97 Å². The number of hydrogen-bond donors (Lipinski definition) is 0.